The SMILES string of the molecule is Oc1ccc2c(c1)CCC2NCCCOCC1CC1. The highest BCUT2D eigenvalue weighted by Gasteiger charge is 2.22. The summed E-state index contributed by atoms with van der Waals surface area (Å²) in [6.45, 7) is 2.85. The van der Waals surface area contributed by atoms with Crippen LogP contribution in [0.15, 0.2) is 18.2 Å². The molecule has 0 aliphatic heterocycles. The molecular weight excluding hydrogens is 238 g/mol. The summed E-state index contributed by atoms with van der Waals surface area (Å²) in [4.78, 5) is 0. The largest absolute Gasteiger partial charge is 0.508 e. The maximum absolute atomic E-state index is 9.47. The zero-order valence-corrected chi connectivity index (χ0v) is 11.4. The van der Waals surface area contributed by atoms with E-state index in [2.05, 4.69) is 11.4 Å². The first-order chi connectivity index (χ1) is 9.33. The summed E-state index contributed by atoms with van der Waals surface area (Å²) in [5, 5.41) is 13.1. The average molecular weight is 261 g/mol. The number of aromatic hydroxyl groups is 1. The number of hydrogen-bond acceptors (Lipinski definition) is 3. The molecule has 2 aliphatic rings. The van der Waals surface area contributed by atoms with Crippen LogP contribution in [0.4, 0.5) is 0 Å². The number of ether oxygens (including phenoxy) is 1. The lowest BCUT2D eigenvalue weighted by Crippen LogP contribution is -2.21. The van der Waals surface area contributed by atoms with E-state index in [1.54, 1.807) is 6.07 Å². The zero-order valence-electron chi connectivity index (χ0n) is 11.4. The van der Waals surface area contributed by atoms with Gasteiger partial charge >= 0.3 is 0 Å². The minimum Gasteiger partial charge on any atom is -0.508 e. The molecule has 1 fully saturated rings. The molecule has 2 N–H and O–H groups in total. The van der Waals surface area contributed by atoms with Crippen LogP contribution in [0.1, 0.15) is 42.9 Å². The summed E-state index contributed by atoms with van der Waals surface area (Å²) in [6.07, 6.45) is 6.02. The topological polar surface area (TPSA) is 41.5 Å². The molecule has 3 heteroatoms. The molecular formula is C16H23NO2. The quantitative estimate of drug-likeness (QED) is 0.742. The van der Waals surface area contributed by atoms with Crippen molar-refractivity contribution < 1.29 is 9.84 Å². The third-order valence-electron chi connectivity index (χ3n) is 4.11. The van der Waals surface area contributed by atoms with E-state index in [0.717, 1.165) is 44.9 Å². The van der Waals surface area contributed by atoms with E-state index in [0.29, 0.717) is 11.8 Å². The fourth-order valence-electron chi connectivity index (χ4n) is 2.80. The Kier molecular flexibility index (Phi) is 4.04. The summed E-state index contributed by atoms with van der Waals surface area (Å²) >= 11 is 0. The summed E-state index contributed by atoms with van der Waals surface area (Å²) < 4.78 is 5.63. The maximum Gasteiger partial charge on any atom is 0.115 e. The standard InChI is InChI=1S/C16H23NO2/c18-14-5-6-15-13(10-14)4-7-16(15)17-8-1-9-19-11-12-2-3-12/h5-6,10,12,16-18H,1-4,7-9,11H2. The molecule has 1 saturated carbocycles. The van der Waals surface area contributed by atoms with Gasteiger partial charge in [0.25, 0.3) is 0 Å². The number of aryl methyl sites for hydroxylation is 1. The van der Waals surface area contributed by atoms with Crippen LogP contribution >= 0.6 is 0 Å². The molecule has 1 aromatic carbocycles. The fourth-order valence-corrected chi connectivity index (χ4v) is 2.80. The summed E-state index contributed by atoms with van der Waals surface area (Å²) in [5.41, 5.74) is 2.65. The summed E-state index contributed by atoms with van der Waals surface area (Å²) in [7, 11) is 0. The Morgan fingerprint density at radius 3 is 3.00 bits per heavy atom. The van der Waals surface area contributed by atoms with Crippen molar-refractivity contribution in [3.8, 4) is 5.75 Å². The van der Waals surface area contributed by atoms with Crippen LogP contribution in [-0.2, 0) is 11.2 Å². The van der Waals surface area contributed by atoms with E-state index in [9.17, 15) is 5.11 Å². The predicted molar refractivity (Wildman–Crippen MR) is 75.3 cm³/mol. The predicted octanol–water partition coefficient (Wildman–Crippen LogP) is 2.79. The van der Waals surface area contributed by atoms with Gasteiger partial charge in [0.15, 0.2) is 0 Å². The Bertz CT molecular complexity index is 429. The highest BCUT2D eigenvalue weighted by molar-refractivity contribution is 5.39. The van der Waals surface area contributed by atoms with Crippen LogP contribution in [0, 0.1) is 5.92 Å². The van der Waals surface area contributed by atoms with Gasteiger partial charge in [-0.25, -0.2) is 0 Å². The number of rotatable bonds is 7. The molecule has 1 unspecified atom stereocenters. The van der Waals surface area contributed by atoms with Gasteiger partial charge in [0.05, 0.1) is 0 Å². The molecule has 19 heavy (non-hydrogen) atoms. The molecule has 0 aromatic heterocycles. The van der Waals surface area contributed by atoms with Crippen LogP contribution < -0.4 is 5.32 Å². The molecule has 2 aliphatic carbocycles. The van der Waals surface area contributed by atoms with Gasteiger partial charge in [-0.2, -0.15) is 0 Å². The monoisotopic (exact) mass is 261 g/mol. The Morgan fingerprint density at radius 1 is 1.26 bits per heavy atom. The van der Waals surface area contributed by atoms with Crippen LogP contribution in [-0.4, -0.2) is 24.9 Å². The molecule has 0 heterocycles. The van der Waals surface area contributed by atoms with E-state index in [-0.39, 0.29) is 0 Å². The van der Waals surface area contributed by atoms with Crippen molar-refractivity contribution in [2.24, 2.45) is 5.92 Å². The second-order valence-corrected chi connectivity index (χ2v) is 5.80. The molecule has 104 valence electrons. The normalized spacial score (nSPS) is 21.6. The molecule has 1 atom stereocenters. The van der Waals surface area contributed by atoms with Crippen LogP contribution in [0.5, 0.6) is 5.75 Å². The summed E-state index contributed by atoms with van der Waals surface area (Å²) in [6, 6.07) is 6.20. The highest BCUT2D eigenvalue weighted by Crippen LogP contribution is 2.33. The van der Waals surface area contributed by atoms with Gasteiger partial charge in [-0.3, -0.25) is 0 Å². The van der Waals surface area contributed by atoms with Gasteiger partial charge in [-0.15, -0.1) is 0 Å². The minimum absolute atomic E-state index is 0.382. The minimum atomic E-state index is 0.382. The number of fused-ring (bicyclic) bond motifs is 1. The second kappa shape index (κ2) is 5.93. The number of phenols is 1. The van der Waals surface area contributed by atoms with E-state index < -0.39 is 0 Å². The van der Waals surface area contributed by atoms with Crippen molar-refractivity contribution >= 4 is 0 Å². The first kappa shape index (κ1) is 12.9. The number of nitrogens with one attached hydrogen (secondary N) is 1. The molecule has 3 rings (SSSR count). The molecule has 0 spiro atoms. The molecule has 0 radical (unpaired) electrons. The first-order valence-electron chi connectivity index (χ1n) is 7.46. The third kappa shape index (κ3) is 3.48. The summed E-state index contributed by atoms with van der Waals surface area (Å²) in [5.74, 6) is 1.25. The van der Waals surface area contributed by atoms with Crippen molar-refractivity contribution in [2.45, 2.75) is 38.1 Å². The lowest BCUT2D eigenvalue weighted by molar-refractivity contribution is 0.121. The number of hydrogen-bond donors (Lipinski definition) is 2. The van der Waals surface area contributed by atoms with Crippen LogP contribution in [0.2, 0.25) is 0 Å². The molecule has 3 nitrogen and oxygen atoms in total. The van der Waals surface area contributed by atoms with Crippen LogP contribution in [0.3, 0.4) is 0 Å². The van der Waals surface area contributed by atoms with Crippen LogP contribution in [0.25, 0.3) is 0 Å². The Balaban J connectivity index is 1.37. The Morgan fingerprint density at radius 2 is 2.16 bits per heavy atom. The van der Waals surface area contributed by atoms with Gasteiger partial charge in [-0.05, 0) is 67.8 Å². The highest BCUT2D eigenvalue weighted by atomic mass is 16.5. The van der Waals surface area contributed by atoms with Crippen molar-refractivity contribution in [3.63, 3.8) is 0 Å². The molecule has 0 saturated heterocycles. The van der Waals surface area contributed by atoms with Gasteiger partial charge < -0.3 is 15.2 Å². The first-order valence-corrected chi connectivity index (χ1v) is 7.46. The Labute approximate surface area is 115 Å². The Hall–Kier alpha value is -1.06. The lowest BCUT2D eigenvalue weighted by atomic mass is 10.1. The molecule has 0 amide bonds. The number of phenolic OH excluding ortho intramolecular Hbond substituents is 1. The van der Waals surface area contributed by atoms with E-state index >= 15 is 0 Å². The molecule has 0 bridgehead atoms. The molecule has 1 aromatic rings. The average Bonchev–Trinajstić information content (AvgIpc) is 3.15. The van der Waals surface area contributed by atoms with Gasteiger partial charge in [0, 0.05) is 19.3 Å². The van der Waals surface area contributed by atoms with E-state index in [4.69, 9.17) is 4.74 Å². The third-order valence-corrected chi connectivity index (χ3v) is 4.11. The van der Waals surface area contributed by atoms with Crippen molar-refractivity contribution in [2.75, 3.05) is 19.8 Å². The maximum atomic E-state index is 9.47. The van der Waals surface area contributed by atoms with E-state index in [1.165, 1.54) is 24.0 Å². The lowest BCUT2D eigenvalue weighted by Gasteiger charge is -2.14. The van der Waals surface area contributed by atoms with Crippen molar-refractivity contribution in [3.05, 3.63) is 29.3 Å². The second-order valence-electron chi connectivity index (χ2n) is 5.80. The van der Waals surface area contributed by atoms with Gasteiger partial charge in [0.2, 0.25) is 0 Å². The van der Waals surface area contributed by atoms with Crippen molar-refractivity contribution in [1.29, 1.82) is 0 Å². The van der Waals surface area contributed by atoms with Gasteiger partial charge in [-0.1, -0.05) is 6.07 Å². The van der Waals surface area contributed by atoms with Crippen molar-refractivity contribution in [1.82, 2.24) is 5.32 Å². The van der Waals surface area contributed by atoms with E-state index in [1.807, 2.05) is 6.07 Å². The number of benzene rings is 1. The van der Waals surface area contributed by atoms with Gasteiger partial charge in [0.1, 0.15) is 5.75 Å². The smallest absolute Gasteiger partial charge is 0.115 e. The fraction of sp³-hybridized carbons (Fsp3) is 0.625. The zero-order chi connectivity index (χ0) is 13.1.